The molecule has 3 fully saturated rings. The van der Waals surface area contributed by atoms with Crippen LogP contribution in [-0.2, 0) is 9.63 Å². The fourth-order valence-electron chi connectivity index (χ4n) is 3.26. The van der Waals surface area contributed by atoms with Gasteiger partial charge in [-0.2, -0.15) is 0 Å². The van der Waals surface area contributed by atoms with Crippen molar-refractivity contribution in [3.05, 3.63) is 17.0 Å². The van der Waals surface area contributed by atoms with E-state index in [-0.39, 0.29) is 11.8 Å². The number of rotatable bonds is 3. The number of hydroxylamine groups is 2. The number of likely N-dealkylation sites (tertiary alicyclic amines) is 1. The van der Waals surface area contributed by atoms with Crippen molar-refractivity contribution in [2.45, 2.75) is 38.7 Å². The smallest absolute Gasteiger partial charge is 0.259 e. The Bertz CT molecular complexity index is 624. The van der Waals surface area contributed by atoms with Crippen LogP contribution < -0.4 is 0 Å². The highest BCUT2D eigenvalue weighted by atomic mass is 16.7. The molecule has 0 bridgehead atoms. The fraction of sp³-hybridized carbons (Fsp3) is 0.667. The van der Waals surface area contributed by atoms with Gasteiger partial charge >= 0.3 is 0 Å². The van der Waals surface area contributed by atoms with Gasteiger partial charge in [-0.3, -0.25) is 14.4 Å². The van der Waals surface area contributed by atoms with E-state index in [4.69, 9.17) is 9.36 Å². The summed E-state index contributed by atoms with van der Waals surface area (Å²) in [5.41, 5.74) is 0.608. The number of hydrogen-bond donors (Lipinski definition) is 0. The predicted molar refractivity (Wildman–Crippen MR) is 74.8 cm³/mol. The van der Waals surface area contributed by atoms with E-state index in [2.05, 4.69) is 5.16 Å². The zero-order chi connectivity index (χ0) is 15.5. The van der Waals surface area contributed by atoms with Gasteiger partial charge in [0.1, 0.15) is 16.9 Å². The third-order valence-electron chi connectivity index (χ3n) is 4.67. The highest BCUT2D eigenvalue weighted by Crippen LogP contribution is 2.39. The second-order valence-electron chi connectivity index (χ2n) is 6.71. The highest BCUT2D eigenvalue weighted by molar-refractivity contribution is 5.97. The molecule has 7 nitrogen and oxygen atoms in total. The van der Waals surface area contributed by atoms with E-state index in [1.54, 1.807) is 18.7 Å². The Morgan fingerprint density at radius 2 is 2.09 bits per heavy atom. The molecule has 0 N–H and O–H groups in total. The molecule has 3 aliphatic rings. The molecule has 0 aromatic carbocycles. The summed E-state index contributed by atoms with van der Waals surface area (Å²) in [7, 11) is 0. The molecule has 2 saturated heterocycles. The normalized spacial score (nSPS) is 23.3. The first-order valence-corrected chi connectivity index (χ1v) is 7.69. The van der Waals surface area contributed by atoms with Gasteiger partial charge < -0.3 is 9.42 Å². The zero-order valence-corrected chi connectivity index (χ0v) is 12.8. The van der Waals surface area contributed by atoms with Gasteiger partial charge in [0.25, 0.3) is 5.91 Å². The summed E-state index contributed by atoms with van der Waals surface area (Å²) in [6.07, 6.45) is 2.72. The van der Waals surface area contributed by atoms with Crippen LogP contribution in [0.1, 0.15) is 41.1 Å². The lowest BCUT2D eigenvalue weighted by molar-refractivity contribution is -0.230. The van der Waals surface area contributed by atoms with E-state index in [1.165, 1.54) is 17.9 Å². The predicted octanol–water partition coefficient (Wildman–Crippen LogP) is 1.06. The minimum absolute atomic E-state index is 0.0383. The molecule has 2 aliphatic heterocycles. The average molecular weight is 305 g/mol. The van der Waals surface area contributed by atoms with Gasteiger partial charge in [0.2, 0.25) is 5.91 Å². The molecule has 1 aromatic heterocycles. The van der Waals surface area contributed by atoms with Crippen molar-refractivity contribution in [2.75, 3.05) is 19.6 Å². The lowest BCUT2D eigenvalue weighted by atomic mass is 9.90. The SMILES string of the molecule is Cc1noc(C)c1C(=O)N1CC2(CC(=O)N(CC3CC3)O2)C1. The van der Waals surface area contributed by atoms with Gasteiger partial charge in [-0.25, -0.2) is 5.06 Å². The number of amides is 2. The van der Waals surface area contributed by atoms with E-state index in [9.17, 15) is 9.59 Å². The Balaban J connectivity index is 1.41. The summed E-state index contributed by atoms with van der Waals surface area (Å²) in [5.74, 6) is 1.07. The van der Waals surface area contributed by atoms with Crippen LogP contribution in [0.15, 0.2) is 4.52 Å². The standard InChI is InChI=1S/C15H19N3O4/c1-9-13(10(2)21-16-9)14(20)17-7-15(8-17)5-12(19)18(22-15)6-11-3-4-11/h11H,3-8H2,1-2H3. The molecule has 118 valence electrons. The number of aromatic nitrogens is 1. The van der Waals surface area contributed by atoms with Gasteiger partial charge in [0, 0.05) is 0 Å². The molecular weight excluding hydrogens is 286 g/mol. The number of hydrogen-bond acceptors (Lipinski definition) is 5. The highest BCUT2D eigenvalue weighted by Gasteiger charge is 2.55. The molecule has 0 unspecified atom stereocenters. The minimum Gasteiger partial charge on any atom is -0.361 e. The summed E-state index contributed by atoms with van der Waals surface area (Å²) in [5, 5.41) is 5.32. The molecule has 1 saturated carbocycles. The van der Waals surface area contributed by atoms with Crippen molar-refractivity contribution in [2.24, 2.45) is 5.92 Å². The first-order chi connectivity index (χ1) is 10.5. The maximum Gasteiger partial charge on any atom is 0.259 e. The topological polar surface area (TPSA) is 75.9 Å². The summed E-state index contributed by atoms with van der Waals surface area (Å²) in [6, 6.07) is 0. The number of carbonyl (C=O) groups excluding carboxylic acids is 2. The Morgan fingerprint density at radius 3 is 2.68 bits per heavy atom. The van der Waals surface area contributed by atoms with Crippen molar-refractivity contribution in [1.29, 1.82) is 0 Å². The van der Waals surface area contributed by atoms with Crippen LogP contribution in [0.4, 0.5) is 0 Å². The molecule has 1 aromatic rings. The second kappa shape index (κ2) is 4.55. The third kappa shape index (κ3) is 2.11. The van der Waals surface area contributed by atoms with Crippen molar-refractivity contribution in [3.8, 4) is 0 Å². The lowest BCUT2D eigenvalue weighted by Gasteiger charge is -2.45. The third-order valence-corrected chi connectivity index (χ3v) is 4.67. The van der Waals surface area contributed by atoms with Gasteiger partial charge in [-0.1, -0.05) is 5.16 Å². The van der Waals surface area contributed by atoms with Crippen molar-refractivity contribution in [3.63, 3.8) is 0 Å². The molecule has 0 radical (unpaired) electrons. The Morgan fingerprint density at radius 1 is 1.36 bits per heavy atom. The maximum atomic E-state index is 12.5. The molecule has 22 heavy (non-hydrogen) atoms. The zero-order valence-electron chi connectivity index (χ0n) is 12.8. The van der Waals surface area contributed by atoms with E-state index in [0.717, 1.165) is 0 Å². The number of carbonyl (C=O) groups is 2. The monoisotopic (exact) mass is 305 g/mol. The lowest BCUT2D eigenvalue weighted by Crippen LogP contribution is -2.63. The van der Waals surface area contributed by atoms with E-state index in [0.29, 0.717) is 49.0 Å². The Labute approximate surface area is 128 Å². The molecule has 1 aliphatic carbocycles. The molecule has 0 atom stereocenters. The minimum atomic E-state index is -0.513. The maximum absolute atomic E-state index is 12.5. The van der Waals surface area contributed by atoms with Crippen LogP contribution in [0, 0.1) is 19.8 Å². The Hall–Kier alpha value is -1.89. The van der Waals surface area contributed by atoms with Crippen LogP contribution in [-0.4, -0.2) is 52.2 Å². The van der Waals surface area contributed by atoms with Crippen LogP contribution in [0.5, 0.6) is 0 Å². The van der Waals surface area contributed by atoms with Crippen LogP contribution in [0.3, 0.4) is 0 Å². The van der Waals surface area contributed by atoms with Crippen molar-refractivity contribution < 1.29 is 18.9 Å². The Kier molecular flexibility index (Phi) is 2.84. The van der Waals surface area contributed by atoms with E-state index >= 15 is 0 Å². The van der Waals surface area contributed by atoms with Gasteiger partial charge in [-0.05, 0) is 32.6 Å². The van der Waals surface area contributed by atoms with Gasteiger partial charge in [0.15, 0.2) is 0 Å². The molecular formula is C15H19N3O4. The van der Waals surface area contributed by atoms with Crippen LogP contribution >= 0.6 is 0 Å². The molecule has 7 heteroatoms. The van der Waals surface area contributed by atoms with E-state index in [1.807, 2.05) is 0 Å². The summed E-state index contributed by atoms with van der Waals surface area (Å²) in [6.45, 7) is 5.08. The largest absolute Gasteiger partial charge is 0.361 e. The van der Waals surface area contributed by atoms with E-state index < -0.39 is 5.60 Å². The summed E-state index contributed by atoms with van der Waals surface area (Å²) < 4.78 is 5.05. The first-order valence-electron chi connectivity index (χ1n) is 7.69. The van der Waals surface area contributed by atoms with Crippen molar-refractivity contribution >= 4 is 11.8 Å². The summed E-state index contributed by atoms with van der Waals surface area (Å²) >= 11 is 0. The molecule has 3 heterocycles. The average Bonchev–Trinajstić information content (AvgIpc) is 3.09. The molecule has 2 amide bonds. The van der Waals surface area contributed by atoms with Gasteiger partial charge in [0.05, 0.1) is 31.7 Å². The first kappa shape index (κ1) is 13.8. The fourth-order valence-corrected chi connectivity index (χ4v) is 3.26. The van der Waals surface area contributed by atoms with Crippen LogP contribution in [0.2, 0.25) is 0 Å². The quantitative estimate of drug-likeness (QED) is 0.834. The molecule has 1 spiro atoms. The van der Waals surface area contributed by atoms with Gasteiger partial charge in [-0.15, -0.1) is 0 Å². The molecule has 4 rings (SSSR count). The van der Waals surface area contributed by atoms with Crippen LogP contribution in [0.25, 0.3) is 0 Å². The number of nitrogens with zero attached hydrogens (tertiary/aromatic N) is 3. The van der Waals surface area contributed by atoms with Crippen molar-refractivity contribution in [1.82, 2.24) is 15.1 Å². The summed E-state index contributed by atoms with van der Waals surface area (Å²) in [4.78, 5) is 32.1. The second-order valence-corrected chi connectivity index (χ2v) is 6.71. The number of aryl methyl sites for hydroxylation is 2.